The minimum absolute atomic E-state index is 0.154. The third kappa shape index (κ3) is 4.02. The van der Waals surface area contributed by atoms with Crippen LogP contribution in [0.5, 0.6) is 0 Å². The van der Waals surface area contributed by atoms with Gasteiger partial charge in [-0.05, 0) is 6.42 Å². The first-order valence-corrected chi connectivity index (χ1v) is 6.06. The van der Waals surface area contributed by atoms with Gasteiger partial charge >= 0.3 is 0 Å². The number of carbonyl (C=O) groups is 1. The van der Waals surface area contributed by atoms with Crippen LogP contribution in [0, 0.1) is 0 Å². The average Bonchev–Trinajstić information content (AvgIpc) is 2.77. The molecule has 0 N–H and O–H groups in total. The molecule has 0 aromatic carbocycles. The number of hydrogen-bond donors (Lipinski definition) is 0. The molecule has 0 atom stereocenters. The average molecular weight is 261 g/mol. The maximum atomic E-state index is 12.0. The zero-order valence-corrected chi connectivity index (χ0v) is 10.9. The number of ether oxygens (including phenoxy) is 1. The lowest BCUT2D eigenvalue weighted by Gasteiger charge is -2.19. The lowest BCUT2D eigenvalue weighted by molar-refractivity contribution is 0.0754. The first-order chi connectivity index (χ1) is 8.22. The predicted molar refractivity (Wildman–Crippen MR) is 64.1 cm³/mol. The van der Waals surface area contributed by atoms with E-state index in [1.165, 1.54) is 0 Å². The number of carbonyl (C=O) groups excluding carboxylic acids is 1. The van der Waals surface area contributed by atoms with Crippen LogP contribution in [0.1, 0.15) is 29.6 Å². The van der Waals surface area contributed by atoms with Crippen LogP contribution in [-0.2, 0) is 11.3 Å². The molecule has 6 heteroatoms. The highest BCUT2D eigenvalue weighted by Gasteiger charge is 2.18. The Hall–Kier alpha value is -1.07. The summed E-state index contributed by atoms with van der Waals surface area (Å²) in [6, 6.07) is 1.60. The molecule has 1 rings (SSSR count). The Bertz CT molecular complexity index is 348. The molecule has 1 amide bonds. The Labute approximate surface area is 106 Å². The van der Waals surface area contributed by atoms with E-state index in [9.17, 15) is 4.79 Å². The summed E-state index contributed by atoms with van der Waals surface area (Å²) in [5, 5.41) is 3.73. The Morgan fingerprint density at radius 2 is 2.35 bits per heavy atom. The molecule has 5 nitrogen and oxygen atoms in total. The van der Waals surface area contributed by atoms with Crippen molar-refractivity contribution >= 4 is 17.5 Å². The quantitative estimate of drug-likeness (QED) is 0.703. The monoisotopic (exact) mass is 260 g/mol. The number of methoxy groups -OCH3 is 1. The van der Waals surface area contributed by atoms with Crippen LogP contribution in [0.4, 0.5) is 0 Å². The van der Waals surface area contributed by atoms with Crippen molar-refractivity contribution in [2.45, 2.75) is 20.0 Å². The molecule has 0 fully saturated rings. The van der Waals surface area contributed by atoms with Gasteiger partial charge in [-0.2, -0.15) is 0 Å². The van der Waals surface area contributed by atoms with E-state index >= 15 is 0 Å². The molecule has 0 bridgehead atoms. The molecule has 0 saturated carbocycles. The van der Waals surface area contributed by atoms with Crippen molar-refractivity contribution in [3.63, 3.8) is 0 Å². The third-order valence-corrected chi connectivity index (χ3v) is 2.37. The number of amides is 1. The van der Waals surface area contributed by atoms with E-state index in [1.54, 1.807) is 18.1 Å². The second-order valence-electron chi connectivity index (χ2n) is 3.59. The summed E-state index contributed by atoms with van der Waals surface area (Å²) < 4.78 is 9.87. The predicted octanol–water partition coefficient (Wildman–Crippen LogP) is 1.91. The Balaban J connectivity index is 2.70. The lowest BCUT2D eigenvalue weighted by Crippen LogP contribution is -2.33. The molecule has 0 saturated heterocycles. The fraction of sp³-hybridized carbons (Fsp3) is 0.636. The fourth-order valence-corrected chi connectivity index (χ4v) is 1.68. The standard InChI is InChI=1S/C11H17ClN2O3/c1-3-5-14(6-4-12)11(15)10-7-9(8-16-2)17-13-10/h7H,3-6,8H2,1-2H3. The molecule has 0 radical (unpaired) electrons. The van der Waals surface area contributed by atoms with Gasteiger partial charge in [-0.25, -0.2) is 0 Å². The van der Waals surface area contributed by atoms with Crippen LogP contribution >= 0.6 is 11.6 Å². The van der Waals surface area contributed by atoms with Crippen LogP contribution in [-0.4, -0.2) is 42.0 Å². The SMILES string of the molecule is CCCN(CCCl)C(=O)c1cc(COC)on1. The van der Waals surface area contributed by atoms with Crippen molar-refractivity contribution in [3.05, 3.63) is 17.5 Å². The molecule has 1 aromatic rings. The maximum Gasteiger partial charge on any atom is 0.276 e. The Morgan fingerprint density at radius 3 is 2.94 bits per heavy atom. The Kier molecular flexibility index (Phi) is 6.00. The molecule has 0 aliphatic heterocycles. The van der Waals surface area contributed by atoms with Crippen molar-refractivity contribution in [2.75, 3.05) is 26.1 Å². The van der Waals surface area contributed by atoms with Crippen LogP contribution in [0.2, 0.25) is 0 Å². The summed E-state index contributed by atoms with van der Waals surface area (Å²) >= 11 is 5.66. The van der Waals surface area contributed by atoms with Gasteiger partial charge < -0.3 is 14.2 Å². The van der Waals surface area contributed by atoms with E-state index in [4.69, 9.17) is 20.9 Å². The number of halogens is 1. The normalized spacial score (nSPS) is 10.5. The van der Waals surface area contributed by atoms with Crippen molar-refractivity contribution in [3.8, 4) is 0 Å². The van der Waals surface area contributed by atoms with Gasteiger partial charge in [0.05, 0.1) is 0 Å². The van der Waals surface area contributed by atoms with E-state index in [-0.39, 0.29) is 5.91 Å². The molecule has 0 aliphatic carbocycles. The molecule has 1 heterocycles. The second-order valence-corrected chi connectivity index (χ2v) is 3.97. The van der Waals surface area contributed by atoms with Crippen LogP contribution in [0.3, 0.4) is 0 Å². The Morgan fingerprint density at radius 1 is 1.59 bits per heavy atom. The van der Waals surface area contributed by atoms with Gasteiger partial charge in [-0.15, -0.1) is 11.6 Å². The molecule has 1 aromatic heterocycles. The first kappa shape index (κ1) is 14.0. The molecular weight excluding hydrogens is 244 g/mol. The number of rotatable bonds is 7. The summed E-state index contributed by atoms with van der Waals surface area (Å²) in [5.41, 5.74) is 0.301. The second kappa shape index (κ2) is 7.29. The fourth-order valence-electron chi connectivity index (χ4n) is 1.47. The van der Waals surface area contributed by atoms with Crippen molar-refractivity contribution < 1.29 is 14.1 Å². The summed E-state index contributed by atoms with van der Waals surface area (Å²) in [5.74, 6) is 0.797. The summed E-state index contributed by atoms with van der Waals surface area (Å²) in [7, 11) is 1.56. The van der Waals surface area contributed by atoms with Gasteiger partial charge in [0.25, 0.3) is 5.91 Å². The van der Waals surface area contributed by atoms with E-state index < -0.39 is 0 Å². The first-order valence-electron chi connectivity index (χ1n) is 5.52. The van der Waals surface area contributed by atoms with Crippen molar-refractivity contribution in [1.82, 2.24) is 10.1 Å². The molecule has 17 heavy (non-hydrogen) atoms. The van der Waals surface area contributed by atoms with Gasteiger partial charge in [-0.1, -0.05) is 12.1 Å². The highest BCUT2D eigenvalue weighted by molar-refractivity contribution is 6.18. The highest BCUT2D eigenvalue weighted by Crippen LogP contribution is 2.08. The van der Waals surface area contributed by atoms with Gasteiger partial charge in [0.1, 0.15) is 6.61 Å². The largest absolute Gasteiger partial charge is 0.377 e. The van der Waals surface area contributed by atoms with E-state index in [1.807, 2.05) is 6.92 Å². The summed E-state index contributed by atoms with van der Waals surface area (Å²) in [4.78, 5) is 13.7. The minimum atomic E-state index is -0.154. The molecule has 0 spiro atoms. The van der Waals surface area contributed by atoms with Crippen LogP contribution in [0.25, 0.3) is 0 Å². The van der Waals surface area contributed by atoms with Gasteiger partial charge in [0.15, 0.2) is 11.5 Å². The van der Waals surface area contributed by atoms with E-state index in [2.05, 4.69) is 5.16 Å². The van der Waals surface area contributed by atoms with E-state index in [0.717, 1.165) is 6.42 Å². The van der Waals surface area contributed by atoms with Crippen molar-refractivity contribution in [1.29, 1.82) is 0 Å². The van der Waals surface area contributed by atoms with E-state index in [0.29, 0.717) is 37.0 Å². The number of alkyl halides is 1. The van der Waals surface area contributed by atoms with Crippen molar-refractivity contribution in [2.24, 2.45) is 0 Å². The molecule has 0 unspecified atom stereocenters. The summed E-state index contributed by atoms with van der Waals surface area (Å²) in [6.07, 6.45) is 0.880. The smallest absolute Gasteiger partial charge is 0.276 e. The zero-order chi connectivity index (χ0) is 12.7. The molecule has 96 valence electrons. The summed E-state index contributed by atoms with van der Waals surface area (Å²) in [6.45, 7) is 3.50. The highest BCUT2D eigenvalue weighted by atomic mass is 35.5. The number of hydrogen-bond acceptors (Lipinski definition) is 4. The van der Waals surface area contributed by atoms with Gasteiger partial charge in [-0.3, -0.25) is 4.79 Å². The van der Waals surface area contributed by atoms with Gasteiger partial charge in [0.2, 0.25) is 0 Å². The third-order valence-electron chi connectivity index (χ3n) is 2.20. The minimum Gasteiger partial charge on any atom is -0.377 e. The number of aromatic nitrogens is 1. The van der Waals surface area contributed by atoms with Gasteiger partial charge in [0, 0.05) is 32.1 Å². The molecule has 0 aliphatic rings. The lowest BCUT2D eigenvalue weighted by atomic mass is 10.3. The van der Waals surface area contributed by atoms with Crippen LogP contribution in [0.15, 0.2) is 10.6 Å². The zero-order valence-electron chi connectivity index (χ0n) is 10.1. The van der Waals surface area contributed by atoms with Crippen LogP contribution < -0.4 is 0 Å². The molecular formula is C11H17ClN2O3. The topological polar surface area (TPSA) is 55.6 Å². The maximum absolute atomic E-state index is 12.0. The number of nitrogens with zero attached hydrogens (tertiary/aromatic N) is 2.